The van der Waals surface area contributed by atoms with Crippen LogP contribution in [0.1, 0.15) is 101 Å². The molecule has 1 saturated heterocycles. The van der Waals surface area contributed by atoms with Crippen molar-refractivity contribution in [3.63, 3.8) is 0 Å². The van der Waals surface area contributed by atoms with E-state index in [9.17, 15) is 24.0 Å². The predicted octanol–water partition coefficient (Wildman–Crippen LogP) is 3.34. The third-order valence-electron chi connectivity index (χ3n) is 7.61. The molecule has 0 aromatic carbocycles. The smallest absolute Gasteiger partial charge is 0.245 e. The zero-order chi connectivity index (χ0) is 32.5. The first-order valence-corrected chi connectivity index (χ1v) is 15.8. The summed E-state index contributed by atoms with van der Waals surface area (Å²) in [4.78, 5) is 72.0. The van der Waals surface area contributed by atoms with Gasteiger partial charge in [-0.15, -0.1) is 0 Å². The van der Waals surface area contributed by atoms with E-state index >= 15 is 0 Å². The van der Waals surface area contributed by atoms with E-state index in [2.05, 4.69) is 16.0 Å². The zero-order valence-electron chi connectivity index (χ0n) is 28.2. The van der Waals surface area contributed by atoms with Crippen molar-refractivity contribution in [1.29, 1.82) is 0 Å². The Hall–Kier alpha value is -2.65. The minimum atomic E-state index is -0.883. The Bertz CT molecular complexity index is 932. The van der Waals surface area contributed by atoms with Crippen molar-refractivity contribution in [1.82, 2.24) is 25.8 Å². The Morgan fingerprint density at radius 1 is 0.452 bits per heavy atom. The minimum Gasteiger partial charge on any atom is -0.343 e. The highest BCUT2D eigenvalue weighted by Crippen LogP contribution is 2.20. The molecule has 3 N–H and O–H groups in total. The van der Waals surface area contributed by atoms with E-state index in [1.807, 2.05) is 69.2 Å². The highest BCUT2D eigenvalue weighted by Gasteiger charge is 2.39. The molecule has 0 aliphatic carbocycles. The van der Waals surface area contributed by atoms with Crippen molar-refractivity contribution in [2.75, 3.05) is 14.1 Å². The van der Waals surface area contributed by atoms with Gasteiger partial charge in [-0.25, -0.2) is 0 Å². The van der Waals surface area contributed by atoms with Crippen LogP contribution in [0.4, 0.5) is 0 Å². The highest BCUT2D eigenvalue weighted by molar-refractivity contribution is 5.97. The number of nitrogens with one attached hydrogen (secondary N) is 3. The summed E-state index contributed by atoms with van der Waals surface area (Å²) < 4.78 is 0. The first-order chi connectivity index (χ1) is 19.3. The maximum absolute atomic E-state index is 13.9. The monoisotopic (exact) mass is 593 g/mol. The first kappa shape index (κ1) is 37.4. The number of rotatable bonds is 10. The first-order valence-electron chi connectivity index (χ1n) is 15.8. The quantitative estimate of drug-likeness (QED) is 0.358. The largest absolute Gasteiger partial charge is 0.343 e. The van der Waals surface area contributed by atoms with Crippen LogP contribution in [0.5, 0.6) is 0 Å². The van der Waals surface area contributed by atoms with Crippen LogP contribution in [-0.2, 0) is 24.0 Å². The fourth-order valence-electron chi connectivity index (χ4n) is 5.47. The lowest BCUT2D eigenvalue weighted by atomic mass is 9.96. The Labute approximate surface area is 254 Å². The van der Waals surface area contributed by atoms with Gasteiger partial charge in [0, 0.05) is 14.1 Å². The number of hydrogen-bond donors (Lipinski definition) is 3. The molecule has 0 spiro atoms. The molecule has 0 aromatic rings. The standard InChI is InChI=1S/C32H59N5O5/c1-18(2)13-23-28(38)34-24(14-19(3)4)31(41)37(12)27(17-22(9)10)30(40)35-25(15-20(5)6)32(42)36(11)26(16-21(7)8)29(39)33-23/h18-27H,13-17H2,1-12H3,(H,33,39)(H,34,38)(H,35,40)/t23-,24-,25-,26+,27+/m1/s1. The summed E-state index contributed by atoms with van der Waals surface area (Å²) in [5.41, 5.74) is 0. The molecule has 5 amide bonds. The number of likely N-dealkylation sites (N-methyl/N-ethyl adjacent to an activating group) is 2. The van der Waals surface area contributed by atoms with E-state index in [1.54, 1.807) is 14.1 Å². The average molecular weight is 594 g/mol. The SMILES string of the molecule is CC(C)C[C@H]1NC(=O)[C@H](CC(C)C)N(C)C(=O)[C@@H](CC(C)C)NC(=O)[C@H](CC(C)C)N(C)C(=O)[C@@H](CC(C)C)NC1=O. The van der Waals surface area contributed by atoms with Gasteiger partial charge in [0.1, 0.15) is 30.2 Å². The van der Waals surface area contributed by atoms with Crippen LogP contribution in [0.15, 0.2) is 0 Å². The van der Waals surface area contributed by atoms with Gasteiger partial charge in [-0.2, -0.15) is 0 Å². The highest BCUT2D eigenvalue weighted by atomic mass is 16.2. The molecule has 0 saturated carbocycles. The van der Waals surface area contributed by atoms with E-state index in [0.29, 0.717) is 32.1 Å². The van der Waals surface area contributed by atoms with E-state index in [1.165, 1.54) is 9.80 Å². The zero-order valence-corrected chi connectivity index (χ0v) is 28.2. The molecule has 10 nitrogen and oxygen atoms in total. The summed E-state index contributed by atoms with van der Waals surface area (Å²) in [6, 6.07) is -4.29. The molecule has 10 heteroatoms. The van der Waals surface area contributed by atoms with Crippen LogP contribution in [0.3, 0.4) is 0 Å². The molecular formula is C32H59N5O5. The summed E-state index contributed by atoms with van der Waals surface area (Å²) in [6.07, 6.45) is 1.90. The van der Waals surface area contributed by atoms with Gasteiger partial charge in [0.25, 0.3) is 0 Å². The fourth-order valence-corrected chi connectivity index (χ4v) is 5.47. The molecule has 242 valence electrons. The van der Waals surface area contributed by atoms with Gasteiger partial charge in [0.05, 0.1) is 0 Å². The summed E-state index contributed by atoms with van der Waals surface area (Å²) in [6.45, 7) is 19.7. The van der Waals surface area contributed by atoms with Crippen LogP contribution in [0.2, 0.25) is 0 Å². The molecule has 42 heavy (non-hydrogen) atoms. The molecule has 1 aliphatic rings. The number of carbonyl (C=O) groups is 5. The third kappa shape index (κ3) is 11.6. The Kier molecular flexibility index (Phi) is 15.0. The summed E-state index contributed by atoms with van der Waals surface area (Å²) in [5, 5.41) is 8.78. The molecule has 1 rings (SSSR count). The van der Waals surface area contributed by atoms with Crippen molar-refractivity contribution in [3.05, 3.63) is 0 Å². The van der Waals surface area contributed by atoms with Gasteiger partial charge < -0.3 is 25.8 Å². The number of carbonyl (C=O) groups excluding carboxylic acids is 5. The number of hydrogen-bond acceptors (Lipinski definition) is 5. The molecule has 0 aromatic heterocycles. The number of amides is 5. The lowest BCUT2D eigenvalue weighted by Crippen LogP contribution is -2.58. The van der Waals surface area contributed by atoms with Crippen LogP contribution in [0.25, 0.3) is 0 Å². The van der Waals surface area contributed by atoms with E-state index in [-0.39, 0.29) is 41.4 Å². The van der Waals surface area contributed by atoms with Crippen molar-refractivity contribution in [3.8, 4) is 0 Å². The minimum absolute atomic E-state index is 0.0839. The Balaban J connectivity index is 3.80. The van der Waals surface area contributed by atoms with Gasteiger partial charge >= 0.3 is 0 Å². The second kappa shape index (κ2) is 16.8. The van der Waals surface area contributed by atoms with Gasteiger partial charge in [0.2, 0.25) is 29.5 Å². The predicted molar refractivity (Wildman–Crippen MR) is 166 cm³/mol. The van der Waals surface area contributed by atoms with Crippen LogP contribution >= 0.6 is 0 Å². The van der Waals surface area contributed by atoms with E-state index in [4.69, 9.17) is 0 Å². The van der Waals surface area contributed by atoms with Crippen LogP contribution < -0.4 is 16.0 Å². The Morgan fingerprint density at radius 3 is 1.02 bits per heavy atom. The second-order valence-electron chi connectivity index (χ2n) is 14.3. The normalized spacial score (nSPS) is 25.7. The van der Waals surface area contributed by atoms with Crippen molar-refractivity contribution < 1.29 is 24.0 Å². The molecule has 1 fully saturated rings. The average Bonchev–Trinajstić information content (AvgIpc) is 2.85. The van der Waals surface area contributed by atoms with Gasteiger partial charge in [-0.05, 0) is 61.7 Å². The van der Waals surface area contributed by atoms with Crippen LogP contribution in [-0.4, -0.2) is 83.6 Å². The molecule has 5 atom stereocenters. The van der Waals surface area contributed by atoms with Gasteiger partial charge in [0.15, 0.2) is 0 Å². The lowest BCUT2D eigenvalue weighted by Gasteiger charge is -2.35. The van der Waals surface area contributed by atoms with E-state index < -0.39 is 47.9 Å². The fraction of sp³-hybridized carbons (Fsp3) is 0.844. The topological polar surface area (TPSA) is 128 Å². The van der Waals surface area contributed by atoms with Crippen molar-refractivity contribution in [2.24, 2.45) is 29.6 Å². The lowest BCUT2D eigenvalue weighted by molar-refractivity contribution is -0.145. The number of nitrogens with zero attached hydrogens (tertiary/aromatic N) is 2. The van der Waals surface area contributed by atoms with Gasteiger partial charge in [-0.1, -0.05) is 69.2 Å². The summed E-state index contributed by atoms with van der Waals surface area (Å²) in [7, 11) is 3.17. The summed E-state index contributed by atoms with van der Waals surface area (Å²) >= 11 is 0. The maximum Gasteiger partial charge on any atom is 0.245 e. The van der Waals surface area contributed by atoms with E-state index in [0.717, 1.165) is 0 Å². The maximum atomic E-state index is 13.9. The molecule has 0 radical (unpaired) electrons. The molecule has 0 bridgehead atoms. The summed E-state index contributed by atoms with van der Waals surface area (Å²) in [5.74, 6) is -1.59. The van der Waals surface area contributed by atoms with Gasteiger partial charge in [-0.3, -0.25) is 24.0 Å². The molecule has 1 heterocycles. The second-order valence-corrected chi connectivity index (χ2v) is 14.3. The molecular weight excluding hydrogens is 534 g/mol. The van der Waals surface area contributed by atoms with Crippen molar-refractivity contribution in [2.45, 2.75) is 132 Å². The Morgan fingerprint density at radius 2 is 0.714 bits per heavy atom. The molecule has 0 unspecified atom stereocenters. The van der Waals surface area contributed by atoms with Crippen LogP contribution in [0, 0.1) is 29.6 Å². The third-order valence-corrected chi connectivity index (χ3v) is 7.61. The molecule has 1 aliphatic heterocycles. The van der Waals surface area contributed by atoms with Crippen molar-refractivity contribution >= 4 is 29.5 Å².